The van der Waals surface area contributed by atoms with Crippen LogP contribution in [0.5, 0.6) is 0 Å². The number of nitrogens with zero attached hydrogens (tertiary/aromatic N) is 3. The van der Waals surface area contributed by atoms with E-state index in [-0.39, 0.29) is 0 Å². The van der Waals surface area contributed by atoms with Crippen molar-refractivity contribution in [3.63, 3.8) is 0 Å². The minimum atomic E-state index is 0.638. The van der Waals surface area contributed by atoms with E-state index < -0.39 is 0 Å². The van der Waals surface area contributed by atoms with Gasteiger partial charge in [0, 0.05) is 53.2 Å². The molecule has 0 saturated heterocycles. The Hall–Kier alpha value is -7.21. The van der Waals surface area contributed by atoms with Gasteiger partial charge in [-0.3, -0.25) is 0 Å². The van der Waals surface area contributed by atoms with E-state index in [1.54, 1.807) is 11.3 Å². The van der Waals surface area contributed by atoms with Crippen LogP contribution in [-0.2, 0) is 0 Å². The van der Waals surface area contributed by atoms with E-state index in [2.05, 4.69) is 152 Å². The molecular formula is C51H31N3OS. The van der Waals surface area contributed by atoms with Gasteiger partial charge in [0.05, 0.1) is 0 Å². The molecule has 3 heterocycles. The van der Waals surface area contributed by atoms with Crippen LogP contribution in [-0.4, -0.2) is 15.0 Å². The van der Waals surface area contributed by atoms with Gasteiger partial charge in [0.1, 0.15) is 11.2 Å². The highest BCUT2D eigenvalue weighted by atomic mass is 32.1. The van der Waals surface area contributed by atoms with Crippen molar-refractivity contribution in [3.05, 3.63) is 188 Å². The largest absolute Gasteiger partial charge is 0.455 e. The number of benzene rings is 8. The second kappa shape index (κ2) is 13.3. The molecule has 4 nitrogen and oxygen atoms in total. The maximum Gasteiger partial charge on any atom is 0.164 e. The molecule has 11 aromatic rings. The highest BCUT2D eigenvalue weighted by Gasteiger charge is 2.20. The van der Waals surface area contributed by atoms with Crippen LogP contribution < -0.4 is 0 Å². The van der Waals surface area contributed by atoms with E-state index in [9.17, 15) is 0 Å². The van der Waals surface area contributed by atoms with Crippen molar-refractivity contribution in [3.8, 4) is 67.5 Å². The minimum absolute atomic E-state index is 0.638. The minimum Gasteiger partial charge on any atom is -0.455 e. The SMILES string of the molecule is c1ccc(-c2cccc(-c3nc(-c4ccccc4)nc(-c4cccc5sc6cc(-c7cc(-c8ccccc8)cc8c7oc7ccccc78)ccc6c45)n3)c2)cc1. The molecule has 56 heavy (non-hydrogen) atoms. The van der Waals surface area contributed by atoms with E-state index in [0.717, 1.165) is 71.8 Å². The fraction of sp³-hybridized carbons (Fsp3) is 0. The summed E-state index contributed by atoms with van der Waals surface area (Å²) in [5.41, 5.74) is 11.4. The molecule has 11 rings (SSSR count). The maximum absolute atomic E-state index is 6.59. The van der Waals surface area contributed by atoms with Crippen LogP contribution in [0.15, 0.2) is 192 Å². The molecule has 262 valence electrons. The number of aromatic nitrogens is 3. The van der Waals surface area contributed by atoms with Gasteiger partial charge in [-0.25, -0.2) is 15.0 Å². The van der Waals surface area contributed by atoms with Gasteiger partial charge in [0.15, 0.2) is 17.5 Å². The van der Waals surface area contributed by atoms with Gasteiger partial charge in [0.2, 0.25) is 0 Å². The van der Waals surface area contributed by atoms with E-state index in [4.69, 9.17) is 19.4 Å². The Morgan fingerprint density at radius 1 is 0.339 bits per heavy atom. The van der Waals surface area contributed by atoms with Gasteiger partial charge < -0.3 is 4.42 Å². The predicted octanol–water partition coefficient (Wildman–Crippen LogP) is 14.1. The Morgan fingerprint density at radius 3 is 1.75 bits per heavy atom. The Balaban J connectivity index is 1.09. The first-order valence-electron chi connectivity index (χ1n) is 18.7. The number of hydrogen-bond donors (Lipinski definition) is 0. The summed E-state index contributed by atoms with van der Waals surface area (Å²) in [5, 5.41) is 4.54. The Morgan fingerprint density at radius 2 is 0.964 bits per heavy atom. The highest BCUT2D eigenvalue weighted by Crippen LogP contribution is 2.44. The van der Waals surface area contributed by atoms with E-state index in [1.807, 2.05) is 36.4 Å². The normalized spacial score (nSPS) is 11.6. The molecule has 0 unspecified atom stereocenters. The third-order valence-corrected chi connectivity index (χ3v) is 11.6. The fourth-order valence-electron chi connectivity index (χ4n) is 7.83. The molecule has 0 aliphatic carbocycles. The number of furan rings is 1. The zero-order chi connectivity index (χ0) is 37.0. The molecule has 8 aromatic carbocycles. The molecule has 0 radical (unpaired) electrons. The fourth-order valence-corrected chi connectivity index (χ4v) is 9.00. The molecule has 5 heteroatoms. The average Bonchev–Trinajstić information content (AvgIpc) is 3.85. The lowest BCUT2D eigenvalue weighted by molar-refractivity contribution is 0.670. The van der Waals surface area contributed by atoms with Crippen molar-refractivity contribution in [1.82, 2.24) is 15.0 Å². The molecule has 0 aliphatic heterocycles. The molecule has 3 aromatic heterocycles. The van der Waals surface area contributed by atoms with Crippen LogP contribution >= 0.6 is 11.3 Å². The molecule has 0 bridgehead atoms. The number of thiophene rings is 1. The summed E-state index contributed by atoms with van der Waals surface area (Å²) in [6.45, 7) is 0. The third-order valence-electron chi connectivity index (χ3n) is 10.5. The molecule has 0 amide bonds. The van der Waals surface area contributed by atoms with E-state index in [1.165, 1.54) is 20.3 Å². The third kappa shape index (κ3) is 5.56. The monoisotopic (exact) mass is 733 g/mol. The van der Waals surface area contributed by atoms with Gasteiger partial charge in [0.25, 0.3) is 0 Å². The Kier molecular flexibility index (Phi) is 7.64. The first-order valence-corrected chi connectivity index (χ1v) is 19.5. The zero-order valence-corrected chi connectivity index (χ0v) is 30.9. The second-order valence-corrected chi connectivity index (χ2v) is 15.1. The van der Waals surface area contributed by atoms with Gasteiger partial charge >= 0.3 is 0 Å². The number of rotatable bonds is 6. The maximum atomic E-state index is 6.59. The molecular weight excluding hydrogens is 703 g/mol. The first-order chi connectivity index (χ1) is 27.7. The Bertz CT molecular complexity index is 3240. The van der Waals surface area contributed by atoms with Crippen molar-refractivity contribution < 1.29 is 4.42 Å². The average molecular weight is 734 g/mol. The summed E-state index contributed by atoms with van der Waals surface area (Å²) in [4.78, 5) is 15.4. The summed E-state index contributed by atoms with van der Waals surface area (Å²) in [6, 6.07) is 65.6. The summed E-state index contributed by atoms with van der Waals surface area (Å²) < 4.78 is 8.95. The zero-order valence-electron chi connectivity index (χ0n) is 30.1. The quantitative estimate of drug-likeness (QED) is 0.171. The van der Waals surface area contributed by atoms with Crippen LogP contribution in [0.25, 0.3) is 110 Å². The van der Waals surface area contributed by atoms with Gasteiger partial charge in [-0.05, 0) is 64.2 Å². The molecule has 0 atom stereocenters. The van der Waals surface area contributed by atoms with Crippen LogP contribution in [0.1, 0.15) is 0 Å². The standard InChI is InChI=1S/C51H31N3OS/c1-4-14-32(15-5-1)35-20-12-21-37(28-35)50-52-49(34-18-8-3-9-19-34)53-51(54-50)41-23-13-25-45-47(41)40-27-26-36(31-46(40)56-45)42-29-38(33-16-6-2-7-17-33)30-43-39-22-10-11-24-44(39)55-48(42)43/h1-31H. The number of hydrogen-bond acceptors (Lipinski definition) is 5. The summed E-state index contributed by atoms with van der Waals surface area (Å²) in [6.07, 6.45) is 0. The second-order valence-electron chi connectivity index (χ2n) is 14.0. The van der Waals surface area contributed by atoms with Crippen LogP contribution in [0.4, 0.5) is 0 Å². The lowest BCUT2D eigenvalue weighted by atomic mass is 9.95. The lowest BCUT2D eigenvalue weighted by Gasteiger charge is -2.11. The molecule has 0 saturated carbocycles. The first kappa shape index (κ1) is 32.2. The van der Waals surface area contributed by atoms with Crippen molar-refractivity contribution in [2.24, 2.45) is 0 Å². The van der Waals surface area contributed by atoms with Crippen LogP contribution in [0, 0.1) is 0 Å². The highest BCUT2D eigenvalue weighted by molar-refractivity contribution is 7.26. The molecule has 0 spiro atoms. The number of fused-ring (bicyclic) bond motifs is 6. The predicted molar refractivity (Wildman–Crippen MR) is 233 cm³/mol. The lowest BCUT2D eigenvalue weighted by Crippen LogP contribution is -2.00. The topological polar surface area (TPSA) is 51.8 Å². The molecule has 0 aliphatic rings. The number of para-hydroxylation sites is 1. The smallest absolute Gasteiger partial charge is 0.164 e. The summed E-state index contributed by atoms with van der Waals surface area (Å²) >= 11 is 1.79. The van der Waals surface area contributed by atoms with Gasteiger partial charge in [-0.1, -0.05) is 152 Å². The Labute approximate surface area is 327 Å². The van der Waals surface area contributed by atoms with Crippen molar-refractivity contribution in [1.29, 1.82) is 0 Å². The van der Waals surface area contributed by atoms with Crippen LogP contribution in [0.2, 0.25) is 0 Å². The summed E-state index contributed by atoms with van der Waals surface area (Å²) in [7, 11) is 0. The molecule has 0 fully saturated rings. The van der Waals surface area contributed by atoms with Crippen LogP contribution in [0.3, 0.4) is 0 Å². The van der Waals surface area contributed by atoms with Crippen molar-refractivity contribution >= 4 is 53.4 Å². The summed E-state index contributed by atoms with van der Waals surface area (Å²) in [5.74, 6) is 1.93. The van der Waals surface area contributed by atoms with E-state index in [0.29, 0.717) is 17.5 Å². The van der Waals surface area contributed by atoms with Crippen molar-refractivity contribution in [2.45, 2.75) is 0 Å². The van der Waals surface area contributed by atoms with Gasteiger partial charge in [-0.2, -0.15) is 0 Å². The van der Waals surface area contributed by atoms with Gasteiger partial charge in [-0.15, -0.1) is 11.3 Å². The molecule has 0 N–H and O–H groups in total. The van der Waals surface area contributed by atoms with E-state index >= 15 is 0 Å². The van der Waals surface area contributed by atoms with Crippen molar-refractivity contribution in [2.75, 3.05) is 0 Å².